The lowest BCUT2D eigenvalue weighted by atomic mass is 9.73. The van der Waals surface area contributed by atoms with Crippen molar-refractivity contribution < 1.29 is 13.9 Å². The van der Waals surface area contributed by atoms with E-state index in [1.54, 1.807) is 0 Å². The van der Waals surface area contributed by atoms with Crippen LogP contribution in [0.5, 0.6) is 5.75 Å². The van der Waals surface area contributed by atoms with Crippen LogP contribution in [0.1, 0.15) is 70.0 Å². The molecule has 2 heterocycles. The summed E-state index contributed by atoms with van der Waals surface area (Å²) in [5.41, 5.74) is 1.61. The molecule has 0 spiro atoms. The molecule has 3 nitrogen and oxygen atoms in total. The van der Waals surface area contributed by atoms with E-state index in [0.717, 1.165) is 31.4 Å². The van der Waals surface area contributed by atoms with Crippen LogP contribution in [0.25, 0.3) is 0 Å². The van der Waals surface area contributed by atoms with Crippen LogP contribution in [0.15, 0.2) is 12.1 Å². The number of hydrogen-bond acceptors (Lipinski definition) is 3. The van der Waals surface area contributed by atoms with Gasteiger partial charge in [0.25, 0.3) is 0 Å². The van der Waals surface area contributed by atoms with Gasteiger partial charge in [0.15, 0.2) is 0 Å². The van der Waals surface area contributed by atoms with Crippen molar-refractivity contribution in [3.05, 3.63) is 23.5 Å². The summed E-state index contributed by atoms with van der Waals surface area (Å²) in [7, 11) is 0. The minimum atomic E-state index is -0.196. The minimum absolute atomic E-state index is 0.0207. The predicted molar refractivity (Wildman–Crippen MR) is 97.6 cm³/mol. The van der Waals surface area contributed by atoms with Gasteiger partial charge in [-0.25, -0.2) is 4.39 Å². The van der Waals surface area contributed by atoms with E-state index in [0.29, 0.717) is 35.9 Å². The molecule has 0 bridgehead atoms. The minimum Gasteiger partial charge on any atom is -0.493 e. The Bertz CT molecular complexity index is 600. The second kappa shape index (κ2) is 7.53. The maximum Gasteiger partial charge on any atom is 0.150 e. The third-order valence-electron chi connectivity index (χ3n) is 6.23. The van der Waals surface area contributed by atoms with Gasteiger partial charge in [0.1, 0.15) is 11.6 Å². The zero-order chi connectivity index (χ0) is 17.2. The maximum atomic E-state index is 14.8. The Morgan fingerprint density at radius 3 is 2.84 bits per heavy atom. The first-order valence-corrected chi connectivity index (χ1v) is 10.1. The molecular formula is C21H30FNO2. The van der Waals surface area contributed by atoms with Crippen LogP contribution in [0, 0.1) is 17.7 Å². The standard InChI is InChI=1S/C21H30FNO2/c1-2-3-10-24-15-12-17-20(18(22)13-15)23-19(14-7-5-4-6-8-14)16-9-11-25-21(16)17/h12-14,16,19,21,23H,2-11H2,1H3/t16-,19?,21?/m0/s1. The SMILES string of the molecule is CCCCOc1cc(F)c2c(c1)C1OCC[C@H]1C(C1CCCCC1)N2. The predicted octanol–water partition coefficient (Wildman–Crippen LogP) is 5.46. The van der Waals surface area contributed by atoms with E-state index in [4.69, 9.17) is 9.47 Å². The van der Waals surface area contributed by atoms with Crippen LogP contribution in [-0.2, 0) is 4.74 Å². The van der Waals surface area contributed by atoms with Gasteiger partial charge in [-0.05, 0) is 37.7 Å². The molecule has 1 N–H and O–H groups in total. The van der Waals surface area contributed by atoms with Crippen molar-refractivity contribution in [2.45, 2.75) is 70.4 Å². The maximum absolute atomic E-state index is 14.8. The van der Waals surface area contributed by atoms with E-state index in [1.807, 2.05) is 6.07 Å². The zero-order valence-electron chi connectivity index (χ0n) is 15.2. The normalized spacial score (nSPS) is 29.0. The molecule has 1 saturated heterocycles. The summed E-state index contributed by atoms with van der Waals surface area (Å²) < 4.78 is 26.7. The van der Waals surface area contributed by atoms with Crippen LogP contribution in [0.4, 0.5) is 10.1 Å². The molecule has 2 unspecified atom stereocenters. The molecule has 1 aliphatic carbocycles. The van der Waals surface area contributed by atoms with E-state index < -0.39 is 0 Å². The summed E-state index contributed by atoms with van der Waals surface area (Å²) in [5.74, 6) is 1.55. The van der Waals surface area contributed by atoms with E-state index in [1.165, 1.54) is 38.2 Å². The fraction of sp³-hybridized carbons (Fsp3) is 0.714. The summed E-state index contributed by atoms with van der Waals surface area (Å²) in [6, 6.07) is 3.89. The second-order valence-corrected chi connectivity index (χ2v) is 7.88. The molecule has 3 atom stereocenters. The molecule has 0 amide bonds. The molecule has 1 saturated carbocycles. The van der Waals surface area contributed by atoms with E-state index in [-0.39, 0.29) is 11.9 Å². The number of ether oxygens (including phenoxy) is 2. The number of nitrogens with one attached hydrogen (secondary N) is 1. The molecule has 4 rings (SSSR count). The topological polar surface area (TPSA) is 30.5 Å². The smallest absolute Gasteiger partial charge is 0.150 e. The van der Waals surface area contributed by atoms with Gasteiger partial charge in [-0.2, -0.15) is 0 Å². The summed E-state index contributed by atoms with van der Waals surface area (Å²) in [6.07, 6.45) is 9.63. The van der Waals surface area contributed by atoms with Gasteiger partial charge in [0.2, 0.25) is 0 Å². The number of benzene rings is 1. The molecule has 25 heavy (non-hydrogen) atoms. The van der Waals surface area contributed by atoms with Crippen LogP contribution in [0.3, 0.4) is 0 Å². The van der Waals surface area contributed by atoms with E-state index in [2.05, 4.69) is 12.2 Å². The lowest BCUT2D eigenvalue weighted by molar-refractivity contribution is 0.0725. The Morgan fingerprint density at radius 2 is 2.04 bits per heavy atom. The molecule has 1 aromatic rings. The van der Waals surface area contributed by atoms with E-state index in [9.17, 15) is 4.39 Å². The zero-order valence-corrected chi connectivity index (χ0v) is 15.2. The first kappa shape index (κ1) is 17.1. The highest BCUT2D eigenvalue weighted by atomic mass is 19.1. The van der Waals surface area contributed by atoms with Gasteiger partial charge in [-0.3, -0.25) is 0 Å². The molecule has 0 aromatic heterocycles. The van der Waals surface area contributed by atoms with Crippen molar-refractivity contribution in [1.82, 2.24) is 0 Å². The van der Waals surface area contributed by atoms with Crippen LogP contribution in [-0.4, -0.2) is 19.3 Å². The lowest BCUT2D eigenvalue weighted by Gasteiger charge is -2.42. The third-order valence-corrected chi connectivity index (χ3v) is 6.23. The van der Waals surface area contributed by atoms with Crippen molar-refractivity contribution in [2.75, 3.05) is 18.5 Å². The number of rotatable bonds is 5. The van der Waals surface area contributed by atoms with Crippen LogP contribution in [0.2, 0.25) is 0 Å². The van der Waals surface area contributed by atoms with Gasteiger partial charge in [0, 0.05) is 30.2 Å². The van der Waals surface area contributed by atoms with Crippen molar-refractivity contribution >= 4 is 5.69 Å². The Hall–Kier alpha value is -1.29. The number of halogens is 1. The molecular weight excluding hydrogens is 317 g/mol. The molecule has 2 fully saturated rings. The van der Waals surface area contributed by atoms with E-state index >= 15 is 0 Å². The Balaban J connectivity index is 1.60. The molecule has 3 aliphatic rings. The van der Waals surface area contributed by atoms with Crippen LogP contribution < -0.4 is 10.1 Å². The van der Waals surface area contributed by atoms with Crippen molar-refractivity contribution in [3.63, 3.8) is 0 Å². The summed E-state index contributed by atoms with van der Waals surface area (Å²) in [4.78, 5) is 0. The quantitative estimate of drug-likeness (QED) is 0.718. The fourth-order valence-corrected chi connectivity index (χ4v) is 4.93. The fourth-order valence-electron chi connectivity index (χ4n) is 4.93. The average molecular weight is 347 g/mol. The molecule has 1 aromatic carbocycles. The molecule has 138 valence electrons. The van der Waals surface area contributed by atoms with Crippen molar-refractivity contribution in [2.24, 2.45) is 11.8 Å². The molecule has 4 heteroatoms. The molecule has 2 aliphatic heterocycles. The first-order chi connectivity index (χ1) is 12.3. The highest BCUT2D eigenvalue weighted by Gasteiger charge is 2.44. The Morgan fingerprint density at radius 1 is 1.20 bits per heavy atom. The number of hydrogen-bond donors (Lipinski definition) is 1. The number of unbranched alkanes of at least 4 members (excludes halogenated alkanes) is 1. The van der Waals surface area contributed by atoms with Gasteiger partial charge < -0.3 is 14.8 Å². The summed E-state index contributed by atoms with van der Waals surface area (Å²) in [5, 5.41) is 3.59. The molecule has 0 radical (unpaired) electrons. The lowest BCUT2D eigenvalue weighted by Crippen LogP contribution is -2.42. The second-order valence-electron chi connectivity index (χ2n) is 7.88. The number of anilines is 1. The van der Waals surface area contributed by atoms with Crippen molar-refractivity contribution in [3.8, 4) is 5.75 Å². The average Bonchev–Trinajstić information content (AvgIpc) is 3.12. The number of fused-ring (bicyclic) bond motifs is 3. The van der Waals surface area contributed by atoms with Gasteiger partial charge in [0.05, 0.1) is 18.4 Å². The Labute approximate surface area is 150 Å². The highest BCUT2D eigenvalue weighted by Crippen LogP contribution is 2.49. The monoisotopic (exact) mass is 347 g/mol. The van der Waals surface area contributed by atoms with Gasteiger partial charge in [-0.15, -0.1) is 0 Å². The van der Waals surface area contributed by atoms with Crippen LogP contribution >= 0.6 is 0 Å². The van der Waals surface area contributed by atoms with Gasteiger partial charge in [-0.1, -0.05) is 32.6 Å². The van der Waals surface area contributed by atoms with Gasteiger partial charge >= 0.3 is 0 Å². The third kappa shape index (κ3) is 3.38. The highest BCUT2D eigenvalue weighted by molar-refractivity contribution is 5.60. The van der Waals surface area contributed by atoms with Crippen molar-refractivity contribution in [1.29, 1.82) is 0 Å². The Kier molecular flexibility index (Phi) is 5.16. The summed E-state index contributed by atoms with van der Waals surface area (Å²) in [6.45, 7) is 3.55. The summed E-state index contributed by atoms with van der Waals surface area (Å²) >= 11 is 0. The largest absolute Gasteiger partial charge is 0.493 e. The first-order valence-electron chi connectivity index (χ1n) is 10.1.